The number of amides is 1. The molecule has 0 bridgehead atoms. The van der Waals surface area contributed by atoms with E-state index in [9.17, 15) is 9.90 Å². The maximum atomic E-state index is 13.0. The second-order valence-electron chi connectivity index (χ2n) is 9.00. The van der Waals surface area contributed by atoms with Crippen LogP contribution in [0.1, 0.15) is 16.1 Å². The first-order valence-electron chi connectivity index (χ1n) is 12.2. The van der Waals surface area contributed by atoms with Crippen LogP contribution in [0, 0.1) is 6.92 Å². The SMILES string of the molecule is COc1c(OC[C@H](O)CN2CCOCC2)ccc2c3n(c(=NC(=O)c4ccc(N)nc4C)nc12)CCN3. The highest BCUT2D eigenvalue weighted by molar-refractivity contribution is 5.97. The maximum Gasteiger partial charge on any atom is 0.282 e. The molecule has 3 aromatic rings. The summed E-state index contributed by atoms with van der Waals surface area (Å²) >= 11 is 0. The zero-order valence-electron chi connectivity index (χ0n) is 20.9. The van der Waals surface area contributed by atoms with Gasteiger partial charge in [-0.15, -0.1) is 0 Å². The Morgan fingerprint density at radius 2 is 2.05 bits per heavy atom. The molecule has 0 aliphatic carbocycles. The summed E-state index contributed by atoms with van der Waals surface area (Å²) in [7, 11) is 1.53. The van der Waals surface area contributed by atoms with Crippen molar-refractivity contribution >= 4 is 28.4 Å². The smallest absolute Gasteiger partial charge is 0.282 e. The molecule has 37 heavy (non-hydrogen) atoms. The number of carbonyl (C=O) groups is 1. The molecule has 12 heteroatoms. The first-order chi connectivity index (χ1) is 17.9. The number of aryl methyl sites for hydroxylation is 1. The van der Waals surface area contributed by atoms with Crippen molar-refractivity contribution in [2.24, 2.45) is 4.99 Å². The maximum absolute atomic E-state index is 13.0. The van der Waals surface area contributed by atoms with Crippen molar-refractivity contribution in [3.05, 3.63) is 41.1 Å². The highest BCUT2D eigenvalue weighted by Crippen LogP contribution is 2.37. The van der Waals surface area contributed by atoms with Gasteiger partial charge in [-0.2, -0.15) is 4.99 Å². The summed E-state index contributed by atoms with van der Waals surface area (Å²) in [5.74, 6) is 1.52. The van der Waals surface area contributed by atoms with Gasteiger partial charge < -0.3 is 30.4 Å². The Morgan fingerprint density at radius 1 is 1.24 bits per heavy atom. The summed E-state index contributed by atoms with van der Waals surface area (Å²) in [6, 6.07) is 6.88. The molecule has 1 aromatic carbocycles. The number of nitrogens with two attached hydrogens (primary N) is 1. The zero-order chi connectivity index (χ0) is 25.9. The summed E-state index contributed by atoms with van der Waals surface area (Å²) in [5, 5.41) is 14.7. The normalized spacial score (nSPS) is 16.9. The number of hydrogen-bond acceptors (Lipinski definition) is 10. The molecule has 1 atom stereocenters. The molecule has 2 aliphatic rings. The van der Waals surface area contributed by atoms with Crippen LogP contribution in [-0.2, 0) is 11.3 Å². The lowest BCUT2D eigenvalue weighted by molar-refractivity contribution is 0.00447. The molecule has 1 amide bonds. The van der Waals surface area contributed by atoms with Gasteiger partial charge >= 0.3 is 0 Å². The Bertz CT molecular complexity index is 1380. The van der Waals surface area contributed by atoms with Crippen molar-refractivity contribution in [3.63, 3.8) is 0 Å². The topological polar surface area (TPSA) is 149 Å². The third kappa shape index (κ3) is 5.22. The second-order valence-corrected chi connectivity index (χ2v) is 9.00. The molecule has 0 unspecified atom stereocenters. The monoisotopic (exact) mass is 509 g/mol. The summed E-state index contributed by atoms with van der Waals surface area (Å²) in [6.07, 6.45) is -0.677. The summed E-state index contributed by atoms with van der Waals surface area (Å²) in [5.41, 5.74) is 7.33. The molecule has 196 valence electrons. The number of methoxy groups -OCH3 is 1. The lowest BCUT2D eigenvalue weighted by Gasteiger charge is -2.28. The summed E-state index contributed by atoms with van der Waals surface area (Å²) in [4.78, 5) is 28.4. The molecule has 0 saturated carbocycles. The predicted molar refractivity (Wildman–Crippen MR) is 137 cm³/mol. The van der Waals surface area contributed by atoms with Gasteiger partial charge in [0.15, 0.2) is 11.5 Å². The van der Waals surface area contributed by atoms with Gasteiger partial charge in [0.1, 0.15) is 29.9 Å². The number of ether oxygens (including phenoxy) is 3. The van der Waals surface area contributed by atoms with E-state index in [1.807, 2.05) is 10.6 Å². The van der Waals surface area contributed by atoms with E-state index in [0.29, 0.717) is 66.9 Å². The van der Waals surface area contributed by atoms with Crippen molar-refractivity contribution in [1.29, 1.82) is 0 Å². The van der Waals surface area contributed by atoms with Crippen molar-refractivity contribution in [2.75, 3.05) is 64.2 Å². The molecular weight excluding hydrogens is 478 g/mol. The first kappa shape index (κ1) is 24.9. The minimum absolute atomic E-state index is 0.0935. The van der Waals surface area contributed by atoms with E-state index in [0.717, 1.165) is 24.3 Å². The fraction of sp³-hybridized carbons (Fsp3) is 0.440. The van der Waals surface area contributed by atoms with E-state index < -0.39 is 12.0 Å². The molecule has 1 fully saturated rings. The van der Waals surface area contributed by atoms with Crippen LogP contribution < -0.4 is 26.1 Å². The Labute approximate surface area is 213 Å². The number of pyridine rings is 1. The highest BCUT2D eigenvalue weighted by Gasteiger charge is 2.22. The number of nitrogen functional groups attached to an aromatic ring is 1. The largest absolute Gasteiger partial charge is 0.491 e. The Balaban J connectivity index is 1.47. The predicted octanol–water partition coefficient (Wildman–Crippen LogP) is 0.569. The van der Waals surface area contributed by atoms with Crippen molar-refractivity contribution < 1.29 is 24.1 Å². The Morgan fingerprint density at radius 3 is 2.81 bits per heavy atom. The van der Waals surface area contributed by atoms with Crippen LogP contribution in [0.2, 0.25) is 0 Å². The van der Waals surface area contributed by atoms with E-state index in [-0.39, 0.29) is 12.2 Å². The molecule has 0 spiro atoms. The van der Waals surface area contributed by atoms with Crippen molar-refractivity contribution in [1.82, 2.24) is 19.4 Å². The number of anilines is 2. The van der Waals surface area contributed by atoms with E-state index in [1.54, 1.807) is 25.1 Å². The van der Waals surface area contributed by atoms with E-state index in [2.05, 4.69) is 20.2 Å². The first-order valence-corrected chi connectivity index (χ1v) is 12.2. The van der Waals surface area contributed by atoms with Crippen LogP contribution in [0.5, 0.6) is 11.5 Å². The van der Waals surface area contributed by atoms with E-state index in [4.69, 9.17) is 24.9 Å². The number of aliphatic hydroxyl groups is 1. The number of benzene rings is 1. The van der Waals surface area contributed by atoms with Crippen LogP contribution in [0.3, 0.4) is 0 Å². The Hall–Kier alpha value is -3.74. The number of nitrogens with zero attached hydrogens (tertiary/aromatic N) is 5. The molecule has 12 nitrogen and oxygen atoms in total. The van der Waals surface area contributed by atoms with Gasteiger partial charge in [-0.05, 0) is 31.2 Å². The zero-order valence-corrected chi connectivity index (χ0v) is 20.9. The number of carbonyl (C=O) groups excluding carboxylic acids is 1. The number of β-amino-alcohol motifs (C(OH)–C–C–N with tert-alkyl or cyclic N) is 1. The average Bonchev–Trinajstić information content (AvgIpc) is 3.38. The van der Waals surface area contributed by atoms with Gasteiger partial charge in [0.2, 0.25) is 5.62 Å². The van der Waals surface area contributed by atoms with Crippen LogP contribution in [-0.4, -0.2) is 89.7 Å². The van der Waals surface area contributed by atoms with Gasteiger partial charge in [-0.1, -0.05) is 0 Å². The minimum atomic E-state index is -0.677. The lowest BCUT2D eigenvalue weighted by atomic mass is 10.2. The molecule has 2 aromatic heterocycles. The lowest BCUT2D eigenvalue weighted by Crippen LogP contribution is -2.42. The number of fused-ring (bicyclic) bond motifs is 3. The molecule has 1 saturated heterocycles. The average molecular weight is 510 g/mol. The minimum Gasteiger partial charge on any atom is -0.491 e. The van der Waals surface area contributed by atoms with Crippen LogP contribution in [0.15, 0.2) is 29.3 Å². The summed E-state index contributed by atoms with van der Waals surface area (Å²) < 4.78 is 18.9. The van der Waals surface area contributed by atoms with Gasteiger partial charge in [0, 0.05) is 38.1 Å². The third-order valence-electron chi connectivity index (χ3n) is 6.45. The number of hydrogen-bond donors (Lipinski definition) is 3. The van der Waals surface area contributed by atoms with Crippen LogP contribution in [0.25, 0.3) is 10.9 Å². The second kappa shape index (κ2) is 10.7. The quantitative estimate of drug-likeness (QED) is 0.413. The van der Waals surface area contributed by atoms with Gasteiger partial charge in [0.25, 0.3) is 5.91 Å². The fourth-order valence-electron chi connectivity index (χ4n) is 4.62. The number of aromatic nitrogens is 3. The third-order valence-corrected chi connectivity index (χ3v) is 6.45. The molecule has 2 aliphatic heterocycles. The van der Waals surface area contributed by atoms with Crippen molar-refractivity contribution in [2.45, 2.75) is 19.6 Å². The van der Waals surface area contributed by atoms with E-state index in [1.165, 1.54) is 7.11 Å². The van der Waals surface area contributed by atoms with Gasteiger partial charge in [-0.25, -0.2) is 9.97 Å². The molecule has 4 N–H and O–H groups in total. The fourth-order valence-corrected chi connectivity index (χ4v) is 4.62. The van der Waals surface area contributed by atoms with Crippen molar-refractivity contribution in [3.8, 4) is 11.5 Å². The van der Waals surface area contributed by atoms with Crippen LogP contribution >= 0.6 is 0 Å². The number of aliphatic hydroxyl groups excluding tert-OH is 1. The molecule has 5 rings (SSSR count). The molecular formula is C25H31N7O5. The molecule has 4 heterocycles. The number of rotatable bonds is 7. The van der Waals surface area contributed by atoms with Crippen LogP contribution in [0.4, 0.5) is 11.6 Å². The molecule has 0 radical (unpaired) electrons. The number of nitrogens with one attached hydrogen (secondary N) is 1. The Kier molecular flexibility index (Phi) is 7.22. The standard InChI is InChI=1S/C25H31N7O5/c1-15-17(4-6-20(26)28-15)24(34)30-25-29-21-18(23-27-7-8-32(23)25)3-5-19(22(21)35-2)37-14-16(33)13-31-9-11-36-12-10-31/h3-6,16,27,33H,7-14H2,1-2H3,(H2,26,28)/t16-/m1/s1. The van der Waals surface area contributed by atoms with Gasteiger partial charge in [-0.3, -0.25) is 14.3 Å². The van der Waals surface area contributed by atoms with E-state index >= 15 is 0 Å². The highest BCUT2D eigenvalue weighted by atomic mass is 16.5. The number of morpholine rings is 1. The van der Waals surface area contributed by atoms with Gasteiger partial charge in [0.05, 0.1) is 31.6 Å². The summed E-state index contributed by atoms with van der Waals surface area (Å²) in [6.45, 7) is 6.49.